The van der Waals surface area contributed by atoms with Crippen LogP contribution in [0.15, 0.2) is 48.6 Å². The molecule has 0 atom stereocenters. The third-order valence-corrected chi connectivity index (χ3v) is 5.66. The topological polar surface area (TPSA) is 26.3 Å². The normalized spacial score (nSPS) is 12.2. The Kier molecular flexibility index (Phi) is 26.1. The van der Waals surface area contributed by atoms with E-state index in [1.165, 1.54) is 89.9 Å². The van der Waals surface area contributed by atoms with E-state index in [1.807, 2.05) is 13.8 Å². The van der Waals surface area contributed by atoms with Crippen molar-refractivity contribution in [2.45, 2.75) is 129 Å². The molecule has 0 spiro atoms. The molecule has 0 aromatic rings. The summed E-state index contributed by atoms with van der Waals surface area (Å²) in [5, 5.41) is 0. The highest BCUT2D eigenvalue weighted by atomic mass is 16.5. The monoisotopic (exact) mass is 444 g/mol. The lowest BCUT2D eigenvalue weighted by atomic mass is 10.1. The van der Waals surface area contributed by atoms with E-state index in [1.54, 1.807) is 0 Å². The van der Waals surface area contributed by atoms with Crippen LogP contribution in [0.25, 0.3) is 0 Å². The van der Waals surface area contributed by atoms with Crippen LogP contribution >= 0.6 is 0 Å². The fraction of sp³-hybridized carbons (Fsp3) is 0.700. The molecule has 0 aromatic carbocycles. The van der Waals surface area contributed by atoms with Gasteiger partial charge < -0.3 is 4.74 Å². The van der Waals surface area contributed by atoms with E-state index >= 15 is 0 Å². The first-order valence-corrected chi connectivity index (χ1v) is 13.5. The summed E-state index contributed by atoms with van der Waals surface area (Å²) in [6, 6.07) is 0. The Morgan fingerprint density at radius 3 is 1.41 bits per heavy atom. The molecule has 0 N–H and O–H groups in total. The highest BCUT2D eigenvalue weighted by molar-refractivity contribution is 5.69. The first kappa shape index (κ1) is 30.4. The second-order valence-electron chi connectivity index (χ2n) is 8.76. The summed E-state index contributed by atoms with van der Waals surface area (Å²) in [7, 11) is 0. The number of rotatable bonds is 23. The van der Waals surface area contributed by atoms with E-state index in [0.29, 0.717) is 13.0 Å². The second-order valence-corrected chi connectivity index (χ2v) is 8.76. The van der Waals surface area contributed by atoms with Crippen LogP contribution in [0.4, 0.5) is 0 Å². The van der Waals surface area contributed by atoms with E-state index in [4.69, 9.17) is 4.74 Å². The van der Waals surface area contributed by atoms with Crippen molar-refractivity contribution >= 4 is 5.97 Å². The van der Waals surface area contributed by atoms with E-state index < -0.39 is 0 Å². The van der Waals surface area contributed by atoms with Crippen molar-refractivity contribution in [1.82, 2.24) is 0 Å². The molecule has 0 aliphatic rings. The number of ether oxygens (including phenoxy) is 1. The summed E-state index contributed by atoms with van der Waals surface area (Å²) in [5.41, 5.74) is 0. The zero-order valence-corrected chi connectivity index (χ0v) is 21.4. The number of esters is 1. The van der Waals surface area contributed by atoms with Gasteiger partial charge in [-0.1, -0.05) is 119 Å². The first-order valence-electron chi connectivity index (χ1n) is 13.5. The molecule has 0 unspecified atom stereocenters. The quantitative estimate of drug-likeness (QED) is 0.0890. The highest BCUT2D eigenvalue weighted by Gasteiger charge is 2.02. The van der Waals surface area contributed by atoms with Crippen molar-refractivity contribution in [1.29, 1.82) is 0 Å². The van der Waals surface area contributed by atoms with Gasteiger partial charge >= 0.3 is 5.97 Å². The van der Waals surface area contributed by atoms with Crippen LogP contribution in [0, 0.1) is 0 Å². The van der Waals surface area contributed by atoms with Gasteiger partial charge in [0.15, 0.2) is 0 Å². The average molecular weight is 445 g/mol. The molecule has 0 saturated carbocycles. The van der Waals surface area contributed by atoms with E-state index in [-0.39, 0.29) is 5.97 Å². The Labute approximate surface area is 200 Å². The van der Waals surface area contributed by atoms with Gasteiger partial charge in [-0.2, -0.15) is 0 Å². The van der Waals surface area contributed by atoms with Gasteiger partial charge in [0.1, 0.15) is 0 Å². The van der Waals surface area contributed by atoms with Crippen LogP contribution in [0.3, 0.4) is 0 Å². The zero-order valence-electron chi connectivity index (χ0n) is 21.4. The maximum Gasteiger partial charge on any atom is 0.305 e. The Morgan fingerprint density at radius 1 is 0.531 bits per heavy atom. The minimum Gasteiger partial charge on any atom is -0.466 e. The molecule has 0 fully saturated rings. The molecular formula is C30H52O2. The number of carbonyl (C=O) groups excluding carboxylic acids is 1. The molecule has 2 heteroatoms. The molecule has 0 saturated heterocycles. The summed E-state index contributed by atoms with van der Waals surface area (Å²) in [5.74, 6) is 0.00180. The average Bonchev–Trinajstić information content (AvgIpc) is 2.80. The number of hydrogen-bond acceptors (Lipinski definition) is 2. The predicted octanol–water partition coefficient (Wildman–Crippen LogP) is 9.82. The minimum absolute atomic E-state index is 0.00180. The molecule has 0 bridgehead atoms. The smallest absolute Gasteiger partial charge is 0.305 e. The lowest BCUT2D eigenvalue weighted by molar-refractivity contribution is -0.143. The second kappa shape index (κ2) is 27.5. The van der Waals surface area contributed by atoms with Gasteiger partial charge in [-0.05, 0) is 52.4 Å². The predicted molar refractivity (Wildman–Crippen MR) is 142 cm³/mol. The van der Waals surface area contributed by atoms with Gasteiger partial charge in [-0.3, -0.25) is 4.79 Å². The number of allylic oxidation sites excluding steroid dienone is 8. The van der Waals surface area contributed by atoms with Gasteiger partial charge in [0.05, 0.1) is 6.61 Å². The molecule has 184 valence electrons. The van der Waals surface area contributed by atoms with Gasteiger partial charge in [-0.15, -0.1) is 0 Å². The maximum absolute atomic E-state index is 11.8. The van der Waals surface area contributed by atoms with Crippen LogP contribution in [0.5, 0.6) is 0 Å². The Hall–Kier alpha value is -1.57. The van der Waals surface area contributed by atoms with Crippen molar-refractivity contribution in [3.8, 4) is 0 Å². The van der Waals surface area contributed by atoms with E-state index in [0.717, 1.165) is 19.3 Å². The van der Waals surface area contributed by atoms with Crippen LogP contribution in [-0.4, -0.2) is 12.6 Å². The van der Waals surface area contributed by atoms with Crippen molar-refractivity contribution in [2.24, 2.45) is 0 Å². The van der Waals surface area contributed by atoms with E-state index in [2.05, 4.69) is 48.6 Å². The first-order chi connectivity index (χ1) is 15.8. The fourth-order valence-electron chi connectivity index (χ4n) is 3.67. The molecule has 0 aliphatic carbocycles. The van der Waals surface area contributed by atoms with Crippen LogP contribution in [0.2, 0.25) is 0 Å². The molecule has 2 nitrogen and oxygen atoms in total. The third-order valence-electron chi connectivity index (χ3n) is 5.66. The molecule has 0 rings (SSSR count). The fourth-order valence-corrected chi connectivity index (χ4v) is 3.67. The summed E-state index contributed by atoms with van der Waals surface area (Å²) in [6.45, 7) is 4.70. The van der Waals surface area contributed by atoms with Gasteiger partial charge in [0.2, 0.25) is 0 Å². The molecule has 0 amide bonds. The van der Waals surface area contributed by atoms with Crippen LogP contribution in [0.1, 0.15) is 129 Å². The number of unbranched alkanes of at least 4 members (excludes halogenated alkanes) is 15. The Balaban J connectivity index is 3.22. The summed E-state index contributed by atoms with van der Waals surface area (Å²) >= 11 is 0. The molecule has 0 aromatic heterocycles. The number of carbonyl (C=O) groups is 1. The molecule has 32 heavy (non-hydrogen) atoms. The van der Waals surface area contributed by atoms with Crippen molar-refractivity contribution < 1.29 is 9.53 Å². The molecule has 0 aliphatic heterocycles. The van der Waals surface area contributed by atoms with Crippen molar-refractivity contribution in [3.05, 3.63) is 48.6 Å². The van der Waals surface area contributed by atoms with Gasteiger partial charge in [-0.25, -0.2) is 0 Å². The van der Waals surface area contributed by atoms with Gasteiger partial charge in [0.25, 0.3) is 0 Å². The summed E-state index contributed by atoms with van der Waals surface area (Å²) < 4.78 is 5.38. The zero-order chi connectivity index (χ0) is 23.4. The van der Waals surface area contributed by atoms with Crippen molar-refractivity contribution in [2.75, 3.05) is 6.61 Å². The van der Waals surface area contributed by atoms with Gasteiger partial charge in [0, 0.05) is 6.42 Å². The third kappa shape index (κ3) is 26.5. The summed E-state index contributed by atoms with van der Waals surface area (Å²) in [6.07, 6.45) is 38.8. The van der Waals surface area contributed by atoms with E-state index in [9.17, 15) is 4.79 Å². The molecular weight excluding hydrogens is 392 g/mol. The molecule has 0 radical (unpaired) electrons. The minimum atomic E-state index is 0.00180. The summed E-state index contributed by atoms with van der Waals surface area (Å²) in [4.78, 5) is 11.8. The number of hydrogen-bond donors (Lipinski definition) is 0. The lowest BCUT2D eigenvalue weighted by Crippen LogP contribution is -2.05. The largest absolute Gasteiger partial charge is 0.466 e. The Bertz CT molecular complexity index is 455. The SMILES string of the molecule is C/C=C/C=C/CCCCCCCCCCC(=O)OCCCCCCCCC/C=C/C=C/C. The standard InChI is InChI=1S/C30H52O2/c1-3-5-7-9-11-13-15-17-18-20-22-24-26-28-30(31)32-29-27-25-23-21-19-16-14-12-10-8-6-4-2/h3-10H,11-29H2,1-2H3/b5-3+,6-4+,9-7+,10-8+. The van der Waals surface area contributed by atoms with Crippen LogP contribution in [-0.2, 0) is 9.53 Å². The highest BCUT2D eigenvalue weighted by Crippen LogP contribution is 2.12. The maximum atomic E-state index is 11.8. The Morgan fingerprint density at radius 2 is 0.938 bits per heavy atom. The molecule has 0 heterocycles. The lowest BCUT2D eigenvalue weighted by Gasteiger charge is -2.05. The van der Waals surface area contributed by atoms with Crippen LogP contribution < -0.4 is 0 Å². The van der Waals surface area contributed by atoms with Crippen molar-refractivity contribution in [3.63, 3.8) is 0 Å².